The zero-order valence-corrected chi connectivity index (χ0v) is 8.05. The molecule has 76 valence electrons. The first-order chi connectivity index (χ1) is 7.20. The molecular formula is C11H10N2O2. The van der Waals surface area contributed by atoms with Gasteiger partial charge < -0.3 is 5.11 Å². The Balaban J connectivity index is 3.35. The van der Waals surface area contributed by atoms with Gasteiger partial charge in [0.1, 0.15) is 5.69 Å². The molecule has 4 nitrogen and oxygen atoms in total. The molecule has 0 unspecified atom stereocenters. The van der Waals surface area contributed by atoms with Gasteiger partial charge in [-0.2, -0.15) is 0 Å². The van der Waals surface area contributed by atoms with Gasteiger partial charge in [0.25, 0.3) is 0 Å². The van der Waals surface area contributed by atoms with Crippen LogP contribution in [0.25, 0.3) is 5.57 Å². The van der Waals surface area contributed by atoms with Crippen LogP contribution < -0.4 is 0 Å². The van der Waals surface area contributed by atoms with Crippen molar-refractivity contribution in [2.24, 2.45) is 0 Å². The highest BCUT2D eigenvalue weighted by atomic mass is 16.4. The number of rotatable bonds is 4. The third kappa shape index (κ3) is 2.37. The fourth-order valence-corrected chi connectivity index (χ4v) is 1.08. The van der Waals surface area contributed by atoms with Crippen LogP contribution in [0.2, 0.25) is 0 Å². The predicted octanol–water partition coefficient (Wildman–Crippen LogP) is 1.93. The van der Waals surface area contributed by atoms with Crippen molar-refractivity contribution >= 4 is 11.5 Å². The molecular weight excluding hydrogens is 192 g/mol. The van der Waals surface area contributed by atoms with Gasteiger partial charge >= 0.3 is 5.97 Å². The summed E-state index contributed by atoms with van der Waals surface area (Å²) in [6.45, 7) is 7.11. The van der Waals surface area contributed by atoms with Crippen molar-refractivity contribution in [2.75, 3.05) is 0 Å². The number of hydrogen-bond donors (Lipinski definition) is 1. The monoisotopic (exact) mass is 202 g/mol. The van der Waals surface area contributed by atoms with Crippen molar-refractivity contribution in [3.05, 3.63) is 55.2 Å². The molecule has 15 heavy (non-hydrogen) atoms. The zero-order valence-electron chi connectivity index (χ0n) is 8.05. The molecule has 0 bridgehead atoms. The lowest BCUT2D eigenvalue weighted by Gasteiger charge is -2.03. The maximum absolute atomic E-state index is 10.9. The molecule has 0 saturated heterocycles. The lowest BCUT2D eigenvalue weighted by molar-refractivity contribution is 0.0689. The van der Waals surface area contributed by atoms with E-state index in [-0.39, 0.29) is 5.69 Å². The molecule has 0 radical (unpaired) electrons. The van der Waals surface area contributed by atoms with E-state index in [1.165, 1.54) is 24.5 Å². The van der Waals surface area contributed by atoms with Gasteiger partial charge in [0, 0.05) is 18.0 Å². The van der Waals surface area contributed by atoms with Crippen molar-refractivity contribution in [3.8, 4) is 0 Å². The Morgan fingerprint density at radius 3 is 2.33 bits per heavy atom. The van der Waals surface area contributed by atoms with Crippen LogP contribution in [0.1, 0.15) is 16.2 Å². The molecule has 0 aliphatic heterocycles. The van der Waals surface area contributed by atoms with Crippen molar-refractivity contribution in [1.29, 1.82) is 0 Å². The van der Waals surface area contributed by atoms with Gasteiger partial charge in [-0.3, -0.25) is 4.98 Å². The zero-order chi connectivity index (χ0) is 11.3. The van der Waals surface area contributed by atoms with Gasteiger partial charge in [-0.1, -0.05) is 31.4 Å². The summed E-state index contributed by atoms with van der Waals surface area (Å²) in [5, 5.41) is 8.89. The Morgan fingerprint density at radius 1 is 1.27 bits per heavy atom. The molecule has 0 fully saturated rings. The summed E-state index contributed by atoms with van der Waals surface area (Å²) < 4.78 is 0. The summed E-state index contributed by atoms with van der Waals surface area (Å²) >= 11 is 0. The second kappa shape index (κ2) is 4.85. The predicted molar refractivity (Wildman–Crippen MR) is 57.4 cm³/mol. The number of allylic oxidation sites excluding steroid dienone is 4. The summed E-state index contributed by atoms with van der Waals surface area (Å²) in [6, 6.07) is 0. The Hall–Kier alpha value is -2.23. The first-order valence-corrected chi connectivity index (χ1v) is 4.20. The molecule has 0 atom stereocenters. The van der Waals surface area contributed by atoms with E-state index in [0.29, 0.717) is 11.3 Å². The molecule has 1 heterocycles. The second-order valence-electron chi connectivity index (χ2n) is 2.62. The van der Waals surface area contributed by atoms with Gasteiger partial charge in [0.15, 0.2) is 5.69 Å². The summed E-state index contributed by atoms with van der Waals surface area (Å²) in [5.41, 5.74) is 0.779. The molecule has 1 aromatic heterocycles. The number of hydrogen-bond acceptors (Lipinski definition) is 3. The average Bonchev–Trinajstić information content (AvgIpc) is 2.26. The smallest absolute Gasteiger partial charge is 0.356 e. The van der Waals surface area contributed by atoms with E-state index in [1.54, 1.807) is 6.08 Å². The average molecular weight is 202 g/mol. The highest BCUT2D eigenvalue weighted by Crippen LogP contribution is 2.15. The molecule has 1 N–H and O–H groups in total. The Kier molecular flexibility index (Phi) is 3.51. The van der Waals surface area contributed by atoms with Crippen LogP contribution >= 0.6 is 0 Å². The normalized spacial score (nSPS) is 10.8. The van der Waals surface area contributed by atoms with Crippen LogP contribution in [-0.2, 0) is 0 Å². The van der Waals surface area contributed by atoms with Crippen LogP contribution in [0, 0.1) is 0 Å². The van der Waals surface area contributed by atoms with E-state index in [9.17, 15) is 4.79 Å². The minimum Gasteiger partial charge on any atom is -0.476 e. The van der Waals surface area contributed by atoms with E-state index >= 15 is 0 Å². The molecule has 1 aromatic rings. The van der Waals surface area contributed by atoms with Gasteiger partial charge in [-0.05, 0) is 0 Å². The Morgan fingerprint density at radius 2 is 1.87 bits per heavy atom. The van der Waals surface area contributed by atoms with Crippen LogP contribution in [0.15, 0.2) is 43.8 Å². The van der Waals surface area contributed by atoms with Crippen LogP contribution in [0.3, 0.4) is 0 Å². The second-order valence-corrected chi connectivity index (χ2v) is 2.62. The maximum atomic E-state index is 10.9. The summed E-state index contributed by atoms with van der Waals surface area (Å²) in [5.74, 6) is -1.12. The summed E-state index contributed by atoms with van der Waals surface area (Å²) in [4.78, 5) is 18.6. The molecule has 0 amide bonds. The van der Waals surface area contributed by atoms with Crippen molar-refractivity contribution in [3.63, 3.8) is 0 Å². The molecule has 1 rings (SSSR count). The third-order valence-electron chi connectivity index (χ3n) is 1.69. The molecule has 0 spiro atoms. The number of aromatic nitrogens is 2. The molecule has 0 aliphatic rings. The Labute approximate surface area is 87.3 Å². The van der Waals surface area contributed by atoms with Crippen LogP contribution in [-0.4, -0.2) is 21.0 Å². The minimum atomic E-state index is -1.12. The van der Waals surface area contributed by atoms with Gasteiger partial charge in [-0.15, -0.1) is 0 Å². The molecule has 0 aliphatic carbocycles. The number of carboxylic acids is 1. The number of carboxylic acid groups (broad SMARTS) is 1. The first-order valence-electron chi connectivity index (χ1n) is 4.20. The fraction of sp³-hybridized carbons (Fsp3) is 0. The van der Waals surface area contributed by atoms with Crippen molar-refractivity contribution < 1.29 is 9.90 Å². The molecule has 0 saturated carbocycles. The van der Waals surface area contributed by atoms with E-state index in [0.717, 1.165) is 0 Å². The quantitative estimate of drug-likeness (QED) is 0.758. The third-order valence-corrected chi connectivity index (χ3v) is 1.69. The standard InChI is InChI=1S/C11H10N2O2/c1-3-5-8(4-2)9-10(11(14)15)13-7-6-12-9/h3-7H,1-2H2,(H,14,15)/b8-5+. The minimum absolute atomic E-state index is 0.0921. The van der Waals surface area contributed by atoms with Crippen LogP contribution in [0.5, 0.6) is 0 Å². The Bertz CT molecular complexity index is 436. The highest BCUT2D eigenvalue weighted by Gasteiger charge is 2.13. The topological polar surface area (TPSA) is 63.1 Å². The van der Waals surface area contributed by atoms with E-state index in [1.807, 2.05) is 0 Å². The first kappa shape index (κ1) is 10.8. The van der Waals surface area contributed by atoms with Crippen LogP contribution in [0.4, 0.5) is 0 Å². The van der Waals surface area contributed by atoms with E-state index in [2.05, 4.69) is 23.1 Å². The van der Waals surface area contributed by atoms with Crippen molar-refractivity contribution in [2.45, 2.75) is 0 Å². The van der Waals surface area contributed by atoms with Gasteiger partial charge in [0.05, 0.1) is 0 Å². The summed E-state index contributed by atoms with van der Waals surface area (Å²) in [6.07, 6.45) is 7.45. The molecule has 4 heteroatoms. The fourth-order valence-electron chi connectivity index (χ4n) is 1.08. The number of carbonyl (C=O) groups is 1. The van der Waals surface area contributed by atoms with Crippen molar-refractivity contribution in [1.82, 2.24) is 9.97 Å². The lowest BCUT2D eigenvalue weighted by Crippen LogP contribution is -2.06. The van der Waals surface area contributed by atoms with Gasteiger partial charge in [0.2, 0.25) is 0 Å². The van der Waals surface area contributed by atoms with E-state index < -0.39 is 5.97 Å². The summed E-state index contributed by atoms with van der Waals surface area (Å²) in [7, 11) is 0. The number of aromatic carboxylic acids is 1. The highest BCUT2D eigenvalue weighted by molar-refractivity contribution is 5.92. The SMILES string of the molecule is C=C/C=C(\C=C)c1nccnc1C(=O)O. The maximum Gasteiger partial charge on any atom is 0.356 e. The largest absolute Gasteiger partial charge is 0.476 e. The van der Waals surface area contributed by atoms with E-state index in [4.69, 9.17) is 5.11 Å². The molecule has 0 aromatic carbocycles. The number of nitrogens with zero attached hydrogens (tertiary/aromatic N) is 2. The lowest BCUT2D eigenvalue weighted by atomic mass is 10.1. The van der Waals surface area contributed by atoms with Gasteiger partial charge in [-0.25, -0.2) is 9.78 Å².